The van der Waals surface area contributed by atoms with Gasteiger partial charge in [-0.25, -0.2) is 0 Å². The summed E-state index contributed by atoms with van der Waals surface area (Å²) in [5.41, 5.74) is 2.08. The number of hydrogen-bond donors (Lipinski definition) is 2. The van der Waals surface area contributed by atoms with Crippen molar-refractivity contribution in [2.24, 2.45) is 0 Å². The van der Waals surface area contributed by atoms with Gasteiger partial charge in [-0.2, -0.15) is 0 Å². The van der Waals surface area contributed by atoms with Crippen molar-refractivity contribution >= 4 is 17.3 Å². The predicted octanol–water partition coefficient (Wildman–Crippen LogP) is 2.38. The first-order valence-electron chi connectivity index (χ1n) is 8.78. The van der Waals surface area contributed by atoms with Crippen LogP contribution in [0.3, 0.4) is 0 Å². The van der Waals surface area contributed by atoms with Gasteiger partial charge in [-0.1, -0.05) is 25.0 Å². The second-order valence-corrected chi connectivity index (χ2v) is 6.40. The highest BCUT2D eigenvalue weighted by Crippen LogP contribution is 2.28. The third-order valence-corrected chi connectivity index (χ3v) is 4.56. The van der Waals surface area contributed by atoms with Crippen LogP contribution in [-0.2, 0) is 9.53 Å². The molecule has 2 fully saturated rings. The van der Waals surface area contributed by atoms with Gasteiger partial charge in [-0.3, -0.25) is 4.79 Å². The Morgan fingerprint density at radius 1 is 1.22 bits per heavy atom. The zero-order valence-corrected chi connectivity index (χ0v) is 13.7. The maximum absolute atomic E-state index is 12.4. The molecular formula is C18H27N3O2. The highest BCUT2D eigenvalue weighted by Gasteiger charge is 2.19. The van der Waals surface area contributed by atoms with Crippen LogP contribution >= 0.6 is 0 Å². The van der Waals surface area contributed by atoms with Crippen molar-refractivity contribution in [3.05, 3.63) is 24.3 Å². The lowest BCUT2D eigenvalue weighted by Gasteiger charge is -2.26. The normalized spacial score (nSPS) is 22.4. The highest BCUT2D eigenvalue weighted by atomic mass is 16.5. The molecule has 2 aliphatic heterocycles. The van der Waals surface area contributed by atoms with Crippen molar-refractivity contribution < 1.29 is 9.53 Å². The van der Waals surface area contributed by atoms with Gasteiger partial charge < -0.3 is 20.3 Å². The monoisotopic (exact) mass is 317 g/mol. The Bertz CT molecular complexity index is 507. The molecule has 0 aliphatic carbocycles. The van der Waals surface area contributed by atoms with Crippen LogP contribution in [0.4, 0.5) is 11.4 Å². The number of rotatable bonds is 4. The Morgan fingerprint density at radius 2 is 2.00 bits per heavy atom. The van der Waals surface area contributed by atoms with Crippen LogP contribution in [0.5, 0.6) is 0 Å². The first-order chi connectivity index (χ1) is 11.3. The molecular weight excluding hydrogens is 290 g/mol. The number of benzene rings is 1. The Hall–Kier alpha value is -1.59. The van der Waals surface area contributed by atoms with E-state index in [2.05, 4.69) is 21.6 Å². The fraction of sp³-hybridized carbons (Fsp3) is 0.611. The minimum atomic E-state index is 0.0512. The maximum Gasteiger partial charge on any atom is 0.226 e. The zero-order valence-electron chi connectivity index (χ0n) is 13.7. The van der Waals surface area contributed by atoms with Crippen molar-refractivity contribution in [1.82, 2.24) is 5.32 Å². The van der Waals surface area contributed by atoms with Gasteiger partial charge in [0.1, 0.15) is 0 Å². The standard InChI is InChI=1S/C18H27N3O2/c22-18(13-15-14-23-12-9-19-15)20-16-7-3-4-8-17(16)21-10-5-1-2-6-11-21/h3-4,7-8,15,19H,1-2,5-6,9-14H2,(H,20,22). The van der Waals surface area contributed by atoms with E-state index >= 15 is 0 Å². The van der Waals surface area contributed by atoms with Gasteiger partial charge in [-0.15, -0.1) is 0 Å². The van der Waals surface area contributed by atoms with Gasteiger partial charge in [0.25, 0.3) is 0 Å². The Kier molecular flexibility index (Phi) is 5.88. The minimum absolute atomic E-state index is 0.0512. The molecule has 1 aromatic rings. The van der Waals surface area contributed by atoms with E-state index in [1.165, 1.54) is 25.7 Å². The van der Waals surface area contributed by atoms with Gasteiger partial charge in [0.05, 0.1) is 24.6 Å². The van der Waals surface area contributed by atoms with Gasteiger partial charge in [-0.05, 0) is 25.0 Å². The largest absolute Gasteiger partial charge is 0.378 e. The molecule has 0 radical (unpaired) electrons. The lowest BCUT2D eigenvalue weighted by Crippen LogP contribution is -2.43. The summed E-state index contributed by atoms with van der Waals surface area (Å²) >= 11 is 0. The molecule has 1 atom stereocenters. The van der Waals surface area contributed by atoms with Crippen LogP contribution < -0.4 is 15.5 Å². The van der Waals surface area contributed by atoms with E-state index in [-0.39, 0.29) is 11.9 Å². The molecule has 5 nitrogen and oxygen atoms in total. The number of hydrogen-bond acceptors (Lipinski definition) is 4. The zero-order chi connectivity index (χ0) is 15.9. The fourth-order valence-corrected chi connectivity index (χ4v) is 3.34. The molecule has 23 heavy (non-hydrogen) atoms. The molecule has 2 N–H and O–H groups in total. The van der Waals surface area contributed by atoms with E-state index < -0.39 is 0 Å². The molecule has 0 bridgehead atoms. The van der Waals surface area contributed by atoms with E-state index in [1.807, 2.05) is 18.2 Å². The summed E-state index contributed by atoms with van der Waals surface area (Å²) in [4.78, 5) is 14.8. The molecule has 2 aliphatic rings. The van der Waals surface area contributed by atoms with Crippen molar-refractivity contribution in [3.63, 3.8) is 0 Å². The lowest BCUT2D eigenvalue weighted by atomic mass is 10.1. The molecule has 0 aromatic heterocycles. The van der Waals surface area contributed by atoms with Gasteiger partial charge in [0, 0.05) is 32.1 Å². The number of ether oxygens (including phenoxy) is 1. The van der Waals surface area contributed by atoms with E-state index in [0.717, 1.165) is 37.6 Å². The SMILES string of the molecule is O=C(CC1COCCN1)Nc1ccccc1N1CCCCCC1. The number of morpholine rings is 1. The smallest absolute Gasteiger partial charge is 0.226 e. The number of anilines is 2. The average molecular weight is 317 g/mol. The third kappa shape index (κ3) is 4.69. The summed E-state index contributed by atoms with van der Waals surface area (Å²) in [5, 5.41) is 6.43. The minimum Gasteiger partial charge on any atom is -0.378 e. The van der Waals surface area contributed by atoms with E-state index in [9.17, 15) is 4.79 Å². The van der Waals surface area contributed by atoms with Crippen molar-refractivity contribution in [2.75, 3.05) is 43.1 Å². The summed E-state index contributed by atoms with van der Waals surface area (Å²) < 4.78 is 5.42. The van der Waals surface area contributed by atoms with Crippen LogP contribution in [-0.4, -0.2) is 44.8 Å². The molecule has 0 spiro atoms. The fourth-order valence-electron chi connectivity index (χ4n) is 3.34. The second-order valence-electron chi connectivity index (χ2n) is 6.40. The molecule has 2 saturated heterocycles. The van der Waals surface area contributed by atoms with Crippen LogP contribution in [0.25, 0.3) is 0 Å². The van der Waals surface area contributed by atoms with Crippen molar-refractivity contribution in [1.29, 1.82) is 0 Å². The topological polar surface area (TPSA) is 53.6 Å². The number of para-hydroxylation sites is 2. The van der Waals surface area contributed by atoms with Gasteiger partial charge in [0.2, 0.25) is 5.91 Å². The summed E-state index contributed by atoms with van der Waals surface area (Å²) in [7, 11) is 0. The summed E-state index contributed by atoms with van der Waals surface area (Å²) in [5.74, 6) is 0.0512. The number of nitrogens with zero attached hydrogens (tertiary/aromatic N) is 1. The van der Waals surface area contributed by atoms with Gasteiger partial charge >= 0.3 is 0 Å². The van der Waals surface area contributed by atoms with Crippen LogP contribution in [0, 0.1) is 0 Å². The Labute approximate surface area is 138 Å². The summed E-state index contributed by atoms with van der Waals surface area (Å²) in [6.07, 6.45) is 5.52. The number of carbonyl (C=O) groups is 1. The van der Waals surface area contributed by atoms with Crippen molar-refractivity contribution in [2.45, 2.75) is 38.1 Å². The third-order valence-electron chi connectivity index (χ3n) is 4.56. The Balaban J connectivity index is 1.63. The van der Waals surface area contributed by atoms with E-state index in [4.69, 9.17) is 4.74 Å². The summed E-state index contributed by atoms with van der Waals surface area (Å²) in [6.45, 7) is 4.31. The first-order valence-corrected chi connectivity index (χ1v) is 8.78. The number of nitrogens with one attached hydrogen (secondary N) is 2. The quantitative estimate of drug-likeness (QED) is 0.895. The van der Waals surface area contributed by atoms with E-state index in [1.54, 1.807) is 0 Å². The van der Waals surface area contributed by atoms with Crippen molar-refractivity contribution in [3.8, 4) is 0 Å². The average Bonchev–Trinajstić information content (AvgIpc) is 2.85. The second kappa shape index (κ2) is 8.31. The first kappa shape index (κ1) is 16.3. The van der Waals surface area contributed by atoms with E-state index in [0.29, 0.717) is 13.0 Å². The molecule has 0 saturated carbocycles. The molecule has 1 aromatic carbocycles. The number of amides is 1. The molecule has 2 heterocycles. The maximum atomic E-state index is 12.4. The lowest BCUT2D eigenvalue weighted by molar-refractivity contribution is -0.117. The Morgan fingerprint density at radius 3 is 2.74 bits per heavy atom. The van der Waals surface area contributed by atoms with Gasteiger partial charge in [0.15, 0.2) is 0 Å². The molecule has 1 amide bonds. The van der Waals surface area contributed by atoms with Crippen LogP contribution in [0.2, 0.25) is 0 Å². The highest BCUT2D eigenvalue weighted by molar-refractivity contribution is 5.94. The molecule has 126 valence electrons. The molecule has 5 heteroatoms. The summed E-state index contributed by atoms with van der Waals surface area (Å²) in [6, 6.07) is 8.27. The van der Waals surface area contributed by atoms with Crippen LogP contribution in [0.15, 0.2) is 24.3 Å². The van der Waals surface area contributed by atoms with Crippen LogP contribution in [0.1, 0.15) is 32.1 Å². The number of carbonyl (C=O) groups excluding carboxylic acids is 1. The molecule has 1 unspecified atom stereocenters. The molecule has 3 rings (SSSR count). The predicted molar refractivity (Wildman–Crippen MR) is 93.0 cm³/mol.